The third-order valence-electron chi connectivity index (χ3n) is 2.56. The second-order valence-electron chi connectivity index (χ2n) is 3.59. The fraction of sp³-hybridized carbons (Fsp3) is 0.455. The SMILES string of the molecule is CNS(=O)(=O)N(C)CCc1ccccc1OC. The first-order valence-electron chi connectivity index (χ1n) is 5.28. The number of benzene rings is 1. The Morgan fingerprint density at radius 3 is 2.59 bits per heavy atom. The van der Waals surface area contributed by atoms with Gasteiger partial charge in [-0.05, 0) is 18.1 Å². The minimum Gasteiger partial charge on any atom is -0.496 e. The Morgan fingerprint density at radius 2 is 2.00 bits per heavy atom. The van der Waals surface area contributed by atoms with E-state index in [-0.39, 0.29) is 0 Å². The minimum atomic E-state index is -3.35. The topological polar surface area (TPSA) is 58.6 Å². The van der Waals surface area contributed by atoms with Crippen molar-refractivity contribution >= 4 is 10.2 Å². The molecule has 1 rings (SSSR count). The van der Waals surface area contributed by atoms with Crippen molar-refractivity contribution in [3.63, 3.8) is 0 Å². The first kappa shape index (κ1) is 14.0. The van der Waals surface area contributed by atoms with Crippen LogP contribution in [0.5, 0.6) is 5.75 Å². The van der Waals surface area contributed by atoms with Gasteiger partial charge in [-0.25, -0.2) is 4.72 Å². The van der Waals surface area contributed by atoms with Gasteiger partial charge >= 0.3 is 0 Å². The Labute approximate surface area is 103 Å². The number of methoxy groups -OCH3 is 1. The number of para-hydroxylation sites is 1. The van der Waals surface area contributed by atoms with Gasteiger partial charge in [-0.1, -0.05) is 18.2 Å². The van der Waals surface area contributed by atoms with E-state index >= 15 is 0 Å². The van der Waals surface area contributed by atoms with Gasteiger partial charge in [0, 0.05) is 20.6 Å². The van der Waals surface area contributed by atoms with Crippen LogP contribution in [0.1, 0.15) is 5.56 Å². The molecule has 1 aromatic rings. The molecule has 0 amide bonds. The van der Waals surface area contributed by atoms with E-state index in [1.165, 1.54) is 11.4 Å². The predicted octanol–water partition coefficient (Wildman–Crippen LogP) is 0.634. The number of likely N-dealkylation sites (N-methyl/N-ethyl adjacent to an activating group) is 1. The molecule has 0 aliphatic heterocycles. The fourth-order valence-electron chi connectivity index (χ4n) is 1.46. The van der Waals surface area contributed by atoms with Crippen LogP contribution in [0.15, 0.2) is 24.3 Å². The lowest BCUT2D eigenvalue weighted by Crippen LogP contribution is -2.37. The van der Waals surface area contributed by atoms with Crippen molar-refractivity contribution in [2.45, 2.75) is 6.42 Å². The van der Waals surface area contributed by atoms with E-state index in [0.29, 0.717) is 13.0 Å². The Hall–Kier alpha value is -1.11. The molecule has 17 heavy (non-hydrogen) atoms. The number of rotatable bonds is 6. The maximum Gasteiger partial charge on any atom is 0.278 e. The van der Waals surface area contributed by atoms with E-state index in [1.54, 1.807) is 14.2 Å². The molecule has 0 aliphatic rings. The van der Waals surface area contributed by atoms with Crippen LogP contribution in [0.3, 0.4) is 0 Å². The first-order chi connectivity index (χ1) is 8.01. The highest BCUT2D eigenvalue weighted by Gasteiger charge is 2.14. The van der Waals surface area contributed by atoms with E-state index in [2.05, 4.69) is 4.72 Å². The van der Waals surface area contributed by atoms with Gasteiger partial charge < -0.3 is 4.74 Å². The average molecular weight is 258 g/mol. The molecule has 0 aliphatic carbocycles. The lowest BCUT2D eigenvalue weighted by atomic mass is 10.1. The maximum atomic E-state index is 11.5. The highest BCUT2D eigenvalue weighted by molar-refractivity contribution is 7.87. The maximum absolute atomic E-state index is 11.5. The molecule has 0 aromatic heterocycles. The second kappa shape index (κ2) is 6.00. The summed E-state index contributed by atoms with van der Waals surface area (Å²) in [4.78, 5) is 0. The third kappa shape index (κ3) is 3.69. The highest BCUT2D eigenvalue weighted by atomic mass is 32.2. The molecule has 0 radical (unpaired) electrons. The van der Waals surface area contributed by atoms with Gasteiger partial charge in [0.2, 0.25) is 0 Å². The van der Waals surface area contributed by atoms with Crippen LogP contribution in [0.25, 0.3) is 0 Å². The number of ether oxygens (including phenoxy) is 1. The molecule has 0 saturated carbocycles. The van der Waals surface area contributed by atoms with Crippen LogP contribution in [0, 0.1) is 0 Å². The molecule has 0 unspecified atom stereocenters. The molecule has 0 bridgehead atoms. The normalized spacial score (nSPS) is 11.8. The molecule has 0 atom stereocenters. The molecule has 0 heterocycles. The minimum absolute atomic E-state index is 0.406. The zero-order chi connectivity index (χ0) is 12.9. The number of nitrogens with zero attached hydrogens (tertiary/aromatic N) is 1. The smallest absolute Gasteiger partial charge is 0.278 e. The molecule has 5 nitrogen and oxygen atoms in total. The molecular formula is C11H18N2O3S. The summed E-state index contributed by atoms with van der Waals surface area (Å²) in [6, 6.07) is 7.58. The van der Waals surface area contributed by atoms with Gasteiger partial charge in [0.05, 0.1) is 7.11 Å². The van der Waals surface area contributed by atoms with Crippen molar-refractivity contribution in [2.75, 3.05) is 27.7 Å². The van der Waals surface area contributed by atoms with Crippen molar-refractivity contribution in [3.05, 3.63) is 29.8 Å². The quantitative estimate of drug-likeness (QED) is 0.814. The lowest BCUT2D eigenvalue weighted by molar-refractivity contribution is 0.405. The summed E-state index contributed by atoms with van der Waals surface area (Å²) in [5.74, 6) is 0.780. The summed E-state index contributed by atoms with van der Waals surface area (Å²) in [6.07, 6.45) is 0.613. The zero-order valence-electron chi connectivity index (χ0n) is 10.3. The highest BCUT2D eigenvalue weighted by Crippen LogP contribution is 2.18. The van der Waals surface area contributed by atoms with Gasteiger partial charge in [0.25, 0.3) is 10.2 Å². The van der Waals surface area contributed by atoms with E-state index in [9.17, 15) is 8.42 Å². The van der Waals surface area contributed by atoms with Crippen molar-refractivity contribution in [2.24, 2.45) is 0 Å². The third-order valence-corrected chi connectivity index (χ3v) is 4.08. The van der Waals surface area contributed by atoms with E-state index in [1.807, 2.05) is 24.3 Å². The monoisotopic (exact) mass is 258 g/mol. The first-order valence-corrected chi connectivity index (χ1v) is 6.72. The van der Waals surface area contributed by atoms with Crippen molar-refractivity contribution in [3.8, 4) is 5.75 Å². The zero-order valence-corrected chi connectivity index (χ0v) is 11.1. The Bertz CT molecular complexity index is 460. The molecule has 0 saturated heterocycles. The summed E-state index contributed by atoms with van der Waals surface area (Å²) in [7, 11) is 1.20. The molecule has 1 N–H and O–H groups in total. The van der Waals surface area contributed by atoms with E-state index < -0.39 is 10.2 Å². The molecular weight excluding hydrogens is 240 g/mol. The van der Waals surface area contributed by atoms with Gasteiger partial charge in [0.15, 0.2) is 0 Å². The van der Waals surface area contributed by atoms with E-state index in [4.69, 9.17) is 4.74 Å². The van der Waals surface area contributed by atoms with Gasteiger partial charge in [-0.3, -0.25) is 0 Å². The molecule has 0 spiro atoms. The average Bonchev–Trinajstić information content (AvgIpc) is 2.36. The van der Waals surface area contributed by atoms with E-state index in [0.717, 1.165) is 11.3 Å². The summed E-state index contributed by atoms with van der Waals surface area (Å²) in [5, 5.41) is 0. The van der Waals surface area contributed by atoms with Crippen LogP contribution in [-0.2, 0) is 16.6 Å². The van der Waals surface area contributed by atoms with Gasteiger partial charge in [-0.15, -0.1) is 0 Å². The number of hydrogen-bond donors (Lipinski definition) is 1. The summed E-state index contributed by atoms with van der Waals surface area (Å²) >= 11 is 0. The molecule has 96 valence electrons. The Kier molecular flexibility index (Phi) is 4.92. The Morgan fingerprint density at radius 1 is 1.35 bits per heavy atom. The standard InChI is InChI=1S/C11H18N2O3S/c1-12-17(14,15)13(2)9-8-10-6-4-5-7-11(10)16-3/h4-7,12H,8-9H2,1-3H3. The van der Waals surface area contributed by atoms with Crippen molar-refractivity contribution in [1.82, 2.24) is 9.03 Å². The Balaban J connectivity index is 2.68. The van der Waals surface area contributed by atoms with Crippen LogP contribution >= 0.6 is 0 Å². The van der Waals surface area contributed by atoms with Gasteiger partial charge in [-0.2, -0.15) is 12.7 Å². The summed E-state index contributed by atoms with van der Waals surface area (Å²) < 4.78 is 31.7. The largest absolute Gasteiger partial charge is 0.496 e. The molecule has 6 heteroatoms. The van der Waals surface area contributed by atoms with Crippen LogP contribution in [-0.4, -0.2) is 40.5 Å². The van der Waals surface area contributed by atoms with Crippen LogP contribution < -0.4 is 9.46 Å². The number of nitrogens with one attached hydrogen (secondary N) is 1. The van der Waals surface area contributed by atoms with Crippen LogP contribution in [0.2, 0.25) is 0 Å². The predicted molar refractivity (Wildman–Crippen MR) is 67.3 cm³/mol. The molecule has 1 aromatic carbocycles. The lowest BCUT2D eigenvalue weighted by Gasteiger charge is -2.16. The fourth-order valence-corrected chi connectivity index (χ4v) is 2.11. The summed E-state index contributed by atoms with van der Waals surface area (Å²) in [6.45, 7) is 0.406. The van der Waals surface area contributed by atoms with Crippen molar-refractivity contribution < 1.29 is 13.2 Å². The van der Waals surface area contributed by atoms with Crippen molar-refractivity contribution in [1.29, 1.82) is 0 Å². The van der Waals surface area contributed by atoms with Gasteiger partial charge in [0.1, 0.15) is 5.75 Å². The molecule has 0 fully saturated rings. The number of hydrogen-bond acceptors (Lipinski definition) is 3. The summed E-state index contributed by atoms with van der Waals surface area (Å²) in [5.41, 5.74) is 0.994. The second-order valence-corrected chi connectivity index (χ2v) is 5.57. The van der Waals surface area contributed by atoms with Crippen LogP contribution in [0.4, 0.5) is 0 Å².